The normalized spacial score (nSPS) is 22.1. The highest BCUT2D eigenvalue weighted by Crippen LogP contribution is 2.38. The molecule has 0 saturated heterocycles. The summed E-state index contributed by atoms with van der Waals surface area (Å²) in [5.74, 6) is 1.01. The highest BCUT2D eigenvalue weighted by Gasteiger charge is 2.35. The minimum atomic E-state index is -0.590. The summed E-state index contributed by atoms with van der Waals surface area (Å²) in [7, 11) is 3.18. The van der Waals surface area contributed by atoms with Gasteiger partial charge in [0.15, 0.2) is 11.5 Å². The lowest BCUT2D eigenvalue weighted by atomic mass is 9.78. The van der Waals surface area contributed by atoms with Crippen LogP contribution in [0.4, 0.5) is 4.79 Å². The molecule has 3 unspecified atom stereocenters. The lowest BCUT2D eigenvalue weighted by Crippen LogP contribution is -2.46. The molecule has 7 heteroatoms. The van der Waals surface area contributed by atoms with Crippen molar-refractivity contribution < 1.29 is 28.5 Å². The fraction of sp³-hybridized carbons (Fsp3) is 0.619. The van der Waals surface area contributed by atoms with Crippen molar-refractivity contribution in [1.82, 2.24) is 5.32 Å². The molecule has 0 aliphatic heterocycles. The fourth-order valence-corrected chi connectivity index (χ4v) is 3.57. The van der Waals surface area contributed by atoms with Crippen molar-refractivity contribution in [3.63, 3.8) is 0 Å². The third kappa shape index (κ3) is 6.04. The van der Waals surface area contributed by atoms with Crippen LogP contribution in [-0.4, -0.2) is 44.0 Å². The number of methoxy groups -OCH3 is 2. The van der Waals surface area contributed by atoms with Crippen LogP contribution in [0.1, 0.15) is 58.4 Å². The number of hydrogen-bond acceptors (Lipinski definition) is 6. The van der Waals surface area contributed by atoms with Crippen LogP contribution in [0.3, 0.4) is 0 Å². The largest absolute Gasteiger partial charge is 0.493 e. The van der Waals surface area contributed by atoms with E-state index in [4.69, 9.17) is 18.9 Å². The summed E-state index contributed by atoms with van der Waals surface area (Å²) in [6.45, 7) is 6.86. The van der Waals surface area contributed by atoms with Gasteiger partial charge in [0.05, 0.1) is 14.2 Å². The van der Waals surface area contributed by atoms with Gasteiger partial charge in [-0.1, -0.05) is 6.07 Å². The molecule has 7 nitrogen and oxygen atoms in total. The Kier molecular flexibility index (Phi) is 7.16. The second-order valence-electron chi connectivity index (χ2n) is 8.02. The van der Waals surface area contributed by atoms with Crippen LogP contribution in [0, 0.1) is 0 Å². The zero-order valence-corrected chi connectivity index (χ0v) is 17.5. The topological polar surface area (TPSA) is 83.1 Å². The summed E-state index contributed by atoms with van der Waals surface area (Å²) in [6.07, 6.45) is 1.30. The van der Waals surface area contributed by atoms with Gasteiger partial charge in [0, 0.05) is 25.3 Å². The van der Waals surface area contributed by atoms with E-state index in [0.717, 1.165) is 18.4 Å². The fourth-order valence-electron chi connectivity index (χ4n) is 3.57. The van der Waals surface area contributed by atoms with Crippen LogP contribution in [-0.2, 0) is 14.3 Å². The number of amides is 1. The Morgan fingerprint density at radius 3 is 2.32 bits per heavy atom. The lowest BCUT2D eigenvalue weighted by molar-refractivity contribution is -0.148. The van der Waals surface area contributed by atoms with Crippen molar-refractivity contribution in [3.8, 4) is 11.5 Å². The van der Waals surface area contributed by atoms with E-state index in [1.165, 1.54) is 6.92 Å². The summed E-state index contributed by atoms with van der Waals surface area (Å²) in [4.78, 5) is 23.7. The summed E-state index contributed by atoms with van der Waals surface area (Å²) >= 11 is 0. The number of rotatable bonds is 5. The number of ether oxygens (including phenoxy) is 4. The van der Waals surface area contributed by atoms with Crippen LogP contribution in [0.5, 0.6) is 11.5 Å². The standard InChI is InChI=1S/C21H31NO6/c1-13(23)27-15-8-9-16(14-7-10-18(25-5)19(11-14)26-6)17(12-15)22-20(24)28-21(2,3)4/h7,10-11,15-17H,8-9,12H2,1-6H3,(H,22,24). The Hall–Kier alpha value is -2.44. The highest BCUT2D eigenvalue weighted by atomic mass is 16.6. The van der Waals surface area contributed by atoms with Gasteiger partial charge in [-0.15, -0.1) is 0 Å². The second kappa shape index (κ2) is 9.17. The first-order valence-electron chi connectivity index (χ1n) is 9.51. The Balaban J connectivity index is 2.24. The molecule has 3 atom stereocenters. The lowest BCUT2D eigenvalue weighted by Gasteiger charge is -2.37. The molecule has 156 valence electrons. The highest BCUT2D eigenvalue weighted by molar-refractivity contribution is 5.68. The predicted molar refractivity (Wildman–Crippen MR) is 105 cm³/mol. The molecule has 1 amide bonds. The molecule has 1 aliphatic rings. The van der Waals surface area contributed by atoms with Crippen molar-refractivity contribution in [1.29, 1.82) is 0 Å². The summed E-state index contributed by atoms with van der Waals surface area (Å²) in [5, 5.41) is 2.97. The van der Waals surface area contributed by atoms with Crippen LogP contribution >= 0.6 is 0 Å². The van der Waals surface area contributed by atoms with Crippen molar-refractivity contribution in [3.05, 3.63) is 23.8 Å². The van der Waals surface area contributed by atoms with E-state index in [1.54, 1.807) is 14.2 Å². The minimum absolute atomic E-state index is 0.0409. The summed E-state index contributed by atoms with van der Waals surface area (Å²) < 4.78 is 21.5. The SMILES string of the molecule is COc1ccc(C2CCC(OC(C)=O)CC2NC(=O)OC(C)(C)C)cc1OC. The number of carbonyl (C=O) groups excluding carboxylic acids is 2. The van der Waals surface area contributed by atoms with Gasteiger partial charge >= 0.3 is 12.1 Å². The molecule has 28 heavy (non-hydrogen) atoms. The Morgan fingerprint density at radius 2 is 1.75 bits per heavy atom. The number of nitrogens with one attached hydrogen (secondary N) is 1. The maximum absolute atomic E-state index is 12.4. The average Bonchev–Trinajstić information content (AvgIpc) is 2.59. The van der Waals surface area contributed by atoms with Gasteiger partial charge < -0.3 is 24.3 Å². The van der Waals surface area contributed by atoms with Crippen molar-refractivity contribution in [2.45, 2.75) is 70.6 Å². The first kappa shape index (κ1) is 21.9. The molecule has 1 saturated carbocycles. The van der Waals surface area contributed by atoms with E-state index < -0.39 is 11.7 Å². The van der Waals surface area contributed by atoms with Gasteiger partial charge in [-0.3, -0.25) is 4.79 Å². The Morgan fingerprint density at radius 1 is 1.07 bits per heavy atom. The smallest absolute Gasteiger partial charge is 0.407 e. The molecule has 2 rings (SSSR count). The third-order valence-electron chi connectivity index (χ3n) is 4.67. The Bertz CT molecular complexity index is 697. The molecule has 0 spiro atoms. The van der Waals surface area contributed by atoms with Crippen molar-refractivity contribution in [2.75, 3.05) is 14.2 Å². The maximum Gasteiger partial charge on any atom is 0.407 e. The molecular formula is C21H31NO6. The molecule has 1 aromatic rings. The predicted octanol–water partition coefficient (Wildman–Crippen LogP) is 3.80. The Labute approximate surface area is 166 Å². The van der Waals surface area contributed by atoms with Crippen LogP contribution < -0.4 is 14.8 Å². The van der Waals surface area contributed by atoms with E-state index in [2.05, 4.69) is 5.32 Å². The number of hydrogen-bond donors (Lipinski definition) is 1. The van der Waals surface area contributed by atoms with Gasteiger partial charge in [-0.05, 0) is 51.3 Å². The molecule has 0 bridgehead atoms. The molecular weight excluding hydrogens is 362 g/mol. The van der Waals surface area contributed by atoms with Gasteiger partial charge in [0.2, 0.25) is 0 Å². The van der Waals surface area contributed by atoms with Crippen molar-refractivity contribution >= 4 is 12.1 Å². The van der Waals surface area contributed by atoms with E-state index in [9.17, 15) is 9.59 Å². The van der Waals surface area contributed by atoms with Crippen LogP contribution in [0.15, 0.2) is 18.2 Å². The number of alkyl carbamates (subject to hydrolysis) is 1. The molecule has 1 aliphatic carbocycles. The zero-order chi connectivity index (χ0) is 20.9. The molecule has 0 heterocycles. The van der Waals surface area contributed by atoms with Gasteiger partial charge in [-0.2, -0.15) is 0 Å². The minimum Gasteiger partial charge on any atom is -0.493 e. The van der Waals surface area contributed by atoms with Gasteiger partial charge in [0.25, 0.3) is 0 Å². The number of benzene rings is 1. The average molecular weight is 393 g/mol. The first-order chi connectivity index (χ1) is 13.1. The van der Waals surface area contributed by atoms with Crippen LogP contribution in [0.25, 0.3) is 0 Å². The van der Waals surface area contributed by atoms with E-state index in [-0.39, 0.29) is 24.0 Å². The van der Waals surface area contributed by atoms with E-state index in [0.29, 0.717) is 17.9 Å². The van der Waals surface area contributed by atoms with Gasteiger partial charge in [0.1, 0.15) is 11.7 Å². The number of esters is 1. The second-order valence-corrected chi connectivity index (χ2v) is 8.02. The first-order valence-corrected chi connectivity index (χ1v) is 9.51. The van der Waals surface area contributed by atoms with Crippen LogP contribution in [0.2, 0.25) is 0 Å². The quantitative estimate of drug-likeness (QED) is 0.766. The van der Waals surface area contributed by atoms with E-state index >= 15 is 0 Å². The molecule has 1 fully saturated rings. The number of carbonyl (C=O) groups is 2. The molecule has 0 radical (unpaired) electrons. The zero-order valence-electron chi connectivity index (χ0n) is 17.5. The monoisotopic (exact) mass is 393 g/mol. The molecule has 0 aromatic heterocycles. The summed E-state index contributed by atoms with van der Waals surface area (Å²) in [5.41, 5.74) is 0.437. The third-order valence-corrected chi connectivity index (χ3v) is 4.67. The molecule has 1 aromatic carbocycles. The van der Waals surface area contributed by atoms with E-state index in [1.807, 2.05) is 39.0 Å². The van der Waals surface area contributed by atoms with Crippen molar-refractivity contribution in [2.24, 2.45) is 0 Å². The maximum atomic E-state index is 12.4. The summed E-state index contributed by atoms with van der Waals surface area (Å²) in [6, 6.07) is 5.53. The van der Waals surface area contributed by atoms with Gasteiger partial charge in [-0.25, -0.2) is 4.79 Å². The molecule has 1 N–H and O–H groups in total.